The third kappa shape index (κ3) is 3.57. The van der Waals surface area contributed by atoms with Gasteiger partial charge >= 0.3 is 0 Å². The number of hydrogen-bond acceptors (Lipinski definition) is 4. The molecule has 0 unspecified atom stereocenters. The predicted octanol–water partition coefficient (Wildman–Crippen LogP) is 1.14. The molecule has 0 atom stereocenters. The van der Waals surface area contributed by atoms with Crippen LogP contribution < -0.4 is 10.0 Å². The molecule has 1 aliphatic heterocycles. The first-order valence-corrected chi connectivity index (χ1v) is 8.22. The second-order valence-electron chi connectivity index (χ2n) is 5.14. The summed E-state index contributed by atoms with van der Waals surface area (Å²) in [6.07, 6.45) is 1.97. The van der Waals surface area contributed by atoms with Crippen LogP contribution in [0.1, 0.15) is 24.0 Å². The minimum Gasteiger partial charge on any atom is -0.317 e. The Balaban J connectivity index is 2.11. The molecule has 20 heavy (non-hydrogen) atoms. The monoisotopic (exact) mass is 293 g/mol. The molecule has 6 heteroatoms. The summed E-state index contributed by atoms with van der Waals surface area (Å²) in [7, 11) is -3.54. The van der Waals surface area contributed by atoms with Gasteiger partial charge < -0.3 is 5.32 Å². The van der Waals surface area contributed by atoms with Crippen LogP contribution in [0.4, 0.5) is 0 Å². The fraction of sp³-hybridized carbons (Fsp3) is 0.500. The van der Waals surface area contributed by atoms with E-state index < -0.39 is 10.0 Å². The zero-order chi connectivity index (χ0) is 14.6. The highest BCUT2D eigenvalue weighted by molar-refractivity contribution is 7.89. The van der Waals surface area contributed by atoms with E-state index in [-0.39, 0.29) is 4.90 Å². The minimum absolute atomic E-state index is 0.200. The molecular formula is C14H19N3O2S. The molecule has 0 amide bonds. The molecule has 1 aromatic rings. The average molecular weight is 293 g/mol. The number of nitrogens with one attached hydrogen (secondary N) is 2. The molecular weight excluding hydrogens is 274 g/mol. The van der Waals surface area contributed by atoms with Crippen molar-refractivity contribution in [2.45, 2.75) is 24.7 Å². The highest BCUT2D eigenvalue weighted by Gasteiger charge is 2.20. The Hall–Kier alpha value is -1.42. The third-order valence-electron chi connectivity index (χ3n) is 3.63. The first kappa shape index (κ1) is 15.0. The van der Waals surface area contributed by atoms with Crippen LogP contribution in [0.25, 0.3) is 0 Å². The lowest BCUT2D eigenvalue weighted by Gasteiger charge is -2.22. The first-order valence-electron chi connectivity index (χ1n) is 6.74. The van der Waals surface area contributed by atoms with Crippen molar-refractivity contribution in [1.82, 2.24) is 10.0 Å². The van der Waals surface area contributed by atoms with E-state index in [2.05, 4.69) is 10.0 Å². The van der Waals surface area contributed by atoms with E-state index in [1.807, 2.05) is 6.07 Å². The molecule has 108 valence electrons. The van der Waals surface area contributed by atoms with Gasteiger partial charge in [0.2, 0.25) is 10.0 Å². The summed E-state index contributed by atoms with van der Waals surface area (Å²) in [4.78, 5) is 0.200. The zero-order valence-corrected chi connectivity index (χ0v) is 12.3. The number of sulfonamides is 1. The molecule has 0 aliphatic carbocycles. The summed E-state index contributed by atoms with van der Waals surface area (Å²) in [5, 5.41) is 12.1. The van der Waals surface area contributed by atoms with Gasteiger partial charge in [0.05, 0.1) is 16.5 Å². The molecule has 2 rings (SSSR count). The fourth-order valence-electron chi connectivity index (χ4n) is 2.35. The van der Waals surface area contributed by atoms with Crippen LogP contribution in [0.2, 0.25) is 0 Å². The third-order valence-corrected chi connectivity index (χ3v) is 5.19. The van der Waals surface area contributed by atoms with Crippen LogP contribution in [-0.4, -0.2) is 28.1 Å². The lowest BCUT2D eigenvalue weighted by atomic mass is 9.99. The Morgan fingerprint density at radius 3 is 2.75 bits per heavy atom. The lowest BCUT2D eigenvalue weighted by molar-refractivity contribution is 0.372. The smallest absolute Gasteiger partial charge is 0.240 e. The van der Waals surface area contributed by atoms with Crippen molar-refractivity contribution in [3.63, 3.8) is 0 Å². The van der Waals surface area contributed by atoms with Gasteiger partial charge in [-0.2, -0.15) is 5.26 Å². The molecule has 2 N–H and O–H groups in total. The van der Waals surface area contributed by atoms with E-state index >= 15 is 0 Å². The number of aryl methyl sites for hydroxylation is 1. The van der Waals surface area contributed by atoms with E-state index in [9.17, 15) is 8.42 Å². The number of nitriles is 1. The maximum atomic E-state index is 12.3. The van der Waals surface area contributed by atoms with E-state index in [1.54, 1.807) is 19.1 Å². The summed E-state index contributed by atoms with van der Waals surface area (Å²) in [5.41, 5.74) is 1.01. The zero-order valence-electron chi connectivity index (χ0n) is 11.5. The Kier molecular flexibility index (Phi) is 4.76. The summed E-state index contributed by atoms with van der Waals surface area (Å²) < 4.78 is 27.3. The van der Waals surface area contributed by atoms with E-state index in [0.29, 0.717) is 23.6 Å². The molecule has 1 aliphatic rings. The van der Waals surface area contributed by atoms with Gasteiger partial charge in [-0.05, 0) is 56.5 Å². The van der Waals surface area contributed by atoms with Crippen molar-refractivity contribution in [2.24, 2.45) is 5.92 Å². The standard InChI is InChI=1S/C14H19N3O2S/c1-11-2-3-13(9-15)8-14(11)20(18,19)17-10-12-4-6-16-7-5-12/h2-3,8,12,16-17H,4-7,10H2,1H3. The molecule has 5 nitrogen and oxygen atoms in total. The number of piperidine rings is 1. The van der Waals surface area contributed by atoms with Crippen molar-refractivity contribution in [2.75, 3.05) is 19.6 Å². The van der Waals surface area contributed by atoms with Crippen LogP contribution in [0, 0.1) is 24.2 Å². The van der Waals surface area contributed by atoms with Crippen molar-refractivity contribution in [3.8, 4) is 6.07 Å². The van der Waals surface area contributed by atoms with Crippen LogP contribution in [-0.2, 0) is 10.0 Å². The molecule has 0 spiro atoms. The Morgan fingerprint density at radius 1 is 1.40 bits per heavy atom. The van der Waals surface area contributed by atoms with Gasteiger partial charge in [0.1, 0.15) is 0 Å². The van der Waals surface area contributed by atoms with Gasteiger partial charge in [-0.3, -0.25) is 0 Å². The largest absolute Gasteiger partial charge is 0.317 e. The van der Waals surface area contributed by atoms with Gasteiger partial charge in [-0.1, -0.05) is 6.07 Å². The second kappa shape index (κ2) is 6.35. The number of benzene rings is 1. The molecule has 1 fully saturated rings. The van der Waals surface area contributed by atoms with Crippen LogP contribution in [0.5, 0.6) is 0 Å². The number of hydrogen-bond donors (Lipinski definition) is 2. The van der Waals surface area contributed by atoms with E-state index in [1.165, 1.54) is 6.07 Å². The van der Waals surface area contributed by atoms with Gasteiger partial charge in [0.25, 0.3) is 0 Å². The van der Waals surface area contributed by atoms with Gasteiger partial charge in [-0.25, -0.2) is 13.1 Å². The Morgan fingerprint density at radius 2 is 2.10 bits per heavy atom. The molecule has 1 saturated heterocycles. The Labute approximate surface area is 120 Å². The Bertz CT molecular complexity index is 614. The van der Waals surface area contributed by atoms with Crippen molar-refractivity contribution in [1.29, 1.82) is 5.26 Å². The topological polar surface area (TPSA) is 82.0 Å². The molecule has 1 aromatic carbocycles. The van der Waals surface area contributed by atoms with Gasteiger partial charge in [0.15, 0.2) is 0 Å². The van der Waals surface area contributed by atoms with Crippen molar-refractivity contribution >= 4 is 10.0 Å². The normalized spacial score (nSPS) is 16.8. The summed E-state index contributed by atoms with van der Waals surface area (Å²) in [6.45, 7) is 4.07. The van der Waals surface area contributed by atoms with Gasteiger partial charge in [0, 0.05) is 6.54 Å². The maximum absolute atomic E-state index is 12.3. The van der Waals surface area contributed by atoms with Crippen LogP contribution in [0.15, 0.2) is 23.1 Å². The molecule has 0 saturated carbocycles. The molecule has 1 heterocycles. The summed E-state index contributed by atoms with van der Waals surface area (Å²) >= 11 is 0. The van der Waals surface area contributed by atoms with Crippen LogP contribution >= 0.6 is 0 Å². The van der Waals surface area contributed by atoms with Crippen molar-refractivity contribution in [3.05, 3.63) is 29.3 Å². The number of nitrogens with zero attached hydrogens (tertiary/aromatic N) is 1. The van der Waals surface area contributed by atoms with E-state index in [0.717, 1.165) is 25.9 Å². The van der Waals surface area contributed by atoms with Crippen LogP contribution in [0.3, 0.4) is 0 Å². The minimum atomic E-state index is -3.54. The molecule has 0 aromatic heterocycles. The average Bonchev–Trinajstić information content (AvgIpc) is 2.47. The number of rotatable bonds is 4. The lowest BCUT2D eigenvalue weighted by Crippen LogP contribution is -2.36. The SMILES string of the molecule is Cc1ccc(C#N)cc1S(=O)(=O)NCC1CCNCC1. The van der Waals surface area contributed by atoms with E-state index in [4.69, 9.17) is 5.26 Å². The highest BCUT2D eigenvalue weighted by atomic mass is 32.2. The van der Waals surface area contributed by atoms with Gasteiger partial charge in [-0.15, -0.1) is 0 Å². The molecule has 0 radical (unpaired) electrons. The summed E-state index contributed by atoms with van der Waals surface area (Å²) in [6, 6.07) is 6.69. The quantitative estimate of drug-likeness (QED) is 0.872. The second-order valence-corrected chi connectivity index (χ2v) is 6.87. The van der Waals surface area contributed by atoms with Crippen molar-refractivity contribution < 1.29 is 8.42 Å². The summed E-state index contributed by atoms with van der Waals surface area (Å²) in [5.74, 6) is 0.380. The first-order chi connectivity index (χ1) is 9.53. The highest BCUT2D eigenvalue weighted by Crippen LogP contribution is 2.18. The predicted molar refractivity (Wildman–Crippen MR) is 76.7 cm³/mol. The molecule has 0 bridgehead atoms. The maximum Gasteiger partial charge on any atom is 0.240 e. The fourth-order valence-corrected chi connectivity index (χ4v) is 3.73.